The quantitative estimate of drug-likeness (QED) is 0.524. The van der Waals surface area contributed by atoms with Crippen LogP contribution in [0.5, 0.6) is 5.75 Å². The van der Waals surface area contributed by atoms with Crippen LogP contribution in [0.1, 0.15) is 13.3 Å². The lowest BCUT2D eigenvalue weighted by Gasteiger charge is -2.35. The second-order valence-electron chi connectivity index (χ2n) is 8.51. The van der Waals surface area contributed by atoms with Crippen molar-refractivity contribution in [3.63, 3.8) is 0 Å². The summed E-state index contributed by atoms with van der Waals surface area (Å²) < 4.78 is 9.92. The molecule has 1 aliphatic heterocycles. The lowest BCUT2D eigenvalue weighted by molar-refractivity contribution is 0.0935. The van der Waals surface area contributed by atoms with Crippen LogP contribution in [0.3, 0.4) is 0 Å². The van der Waals surface area contributed by atoms with Gasteiger partial charge in [0.1, 0.15) is 18.5 Å². The van der Waals surface area contributed by atoms with E-state index in [1.54, 1.807) is 11.6 Å². The largest absolute Gasteiger partial charge is 0.491 e. The van der Waals surface area contributed by atoms with Gasteiger partial charge in [-0.15, -0.1) is 0 Å². The first-order valence-corrected chi connectivity index (χ1v) is 11.4. The van der Waals surface area contributed by atoms with Crippen LogP contribution >= 0.6 is 0 Å². The Balaban J connectivity index is 1.67. The highest BCUT2D eigenvalue weighted by Crippen LogP contribution is 2.22. The Bertz CT molecular complexity index is 1210. The van der Waals surface area contributed by atoms with Gasteiger partial charge in [-0.1, -0.05) is 25.1 Å². The highest BCUT2D eigenvalue weighted by Gasteiger charge is 2.26. The van der Waals surface area contributed by atoms with Gasteiger partial charge >= 0.3 is 5.69 Å². The molecule has 178 valence electrons. The third-order valence-electron chi connectivity index (χ3n) is 6.10. The number of anilines is 1. The van der Waals surface area contributed by atoms with E-state index in [2.05, 4.69) is 16.7 Å². The van der Waals surface area contributed by atoms with E-state index in [-0.39, 0.29) is 13.2 Å². The van der Waals surface area contributed by atoms with E-state index in [0.717, 1.165) is 43.7 Å². The molecule has 0 aliphatic carbocycles. The second kappa shape index (κ2) is 9.80. The van der Waals surface area contributed by atoms with E-state index < -0.39 is 17.4 Å². The van der Waals surface area contributed by atoms with Gasteiger partial charge in [0.25, 0.3) is 5.56 Å². The summed E-state index contributed by atoms with van der Waals surface area (Å²) in [6.45, 7) is 6.72. The standard InChI is InChI=1S/C23H32N6O4/c1-4-10-27-11-13-28(14-12-27)22-24-20-19(21(31)26(3)23(32)25(20)2)29(22)15-17(30)16-33-18-8-6-5-7-9-18/h5-9,17,30H,4,10-16H2,1-3H3. The number of hydrogen-bond donors (Lipinski definition) is 1. The smallest absolute Gasteiger partial charge is 0.332 e. The summed E-state index contributed by atoms with van der Waals surface area (Å²) in [4.78, 5) is 34.8. The normalized spacial score (nSPS) is 15.8. The fourth-order valence-corrected chi connectivity index (χ4v) is 4.31. The van der Waals surface area contributed by atoms with Gasteiger partial charge in [-0.05, 0) is 25.1 Å². The van der Waals surface area contributed by atoms with Crippen LogP contribution < -0.4 is 20.9 Å². The first-order valence-electron chi connectivity index (χ1n) is 11.4. The average Bonchev–Trinajstić information content (AvgIpc) is 3.20. The van der Waals surface area contributed by atoms with E-state index in [1.807, 2.05) is 30.3 Å². The van der Waals surface area contributed by atoms with Crippen molar-refractivity contribution in [3.05, 3.63) is 51.2 Å². The number of rotatable bonds is 8. The fraction of sp³-hybridized carbons (Fsp3) is 0.522. The minimum atomic E-state index is -0.871. The Morgan fingerprint density at radius 3 is 2.42 bits per heavy atom. The molecule has 1 N–H and O–H groups in total. The average molecular weight is 457 g/mol. The highest BCUT2D eigenvalue weighted by atomic mass is 16.5. The number of aryl methyl sites for hydroxylation is 1. The Morgan fingerprint density at radius 1 is 1.06 bits per heavy atom. The molecule has 0 saturated carbocycles. The van der Waals surface area contributed by atoms with Gasteiger partial charge in [0.2, 0.25) is 5.95 Å². The number of fused-ring (bicyclic) bond motifs is 1. The van der Waals surface area contributed by atoms with Crippen LogP contribution in [-0.4, -0.2) is 74.1 Å². The molecule has 10 heteroatoms. The van der Waals surface area contributed by atoms with Crippen molar-refractivity contribution in [2.75, 3.05) is 44.2 Å². The molecule has 10 nitrogen and oxygen atoms in total. The number of aromatic nitrogens is 4. The van der Waals surface area contributed by atoms with Crippen molar-refractivity contribution in [2.45, 2.75) is 26.0 Å². The van der Waals surface area contributed by atoms with Gasteiger partial charge in [0, 0.05) is 40.3 Å². The van der Waals surface area contributed by atoms with Crippen LogP contribution in [-0.2, 0) is 20.6 Å². The summed E-state index contributed by atoms with van der Waals surface area (Å²) >= 11 is 0. The summed E-state index contributed by atoms with van der Waals surface area (Å²) in [5.41, 5.74) is -0.216. The van der Waals surface area contributed by atoms with Crippen LogP contribution in [0.2, 0.25) is 0 Å². The van der Waals surface area contributed by atoms with Crippen molar-refractivity contribution in [3.8, 4) is 5.75 Å². The summed E-state index contributed by atoms with van der Waals surface area (Å²) in [5.74, 6) is 1.26. The predicted octanol–water partition coefficient (Wildman–Crippen LogP) is 0.406. The zero-order valence-electron chi connectivity index (χ0n) is 19.5. The minimum Gasteiger partial charge on any atom is -0.491 e. The van der Waals surface area contributed by atoms with Crippen LogP contribution in [0, 0.1) is 0 Å². The topological polar surface area (TPSA) is 97.8 Å². The first-order chi connectivity index (χ1) is 15.9. The van der Waals surface area contributed by atoms with Gasteiger partial charge in [0.15, 0.2) is 11.2 Å². The molecule has 2 aromatic heterocycles. The molecule has 0 radical (unpaired) electrons. The second-order valence-corrected chi connectivity index (χ2v) is 8.51. The molecule has 0 amide bonds. The third kappa shape index (κ3) is 4.67. The highest BCUT2D eigenvalue weighted by molar-refractivity contribution is 5.74. The maximum absolute atomic E-state index is 13.1. The Kier molecular flexibility index (Phi) is 6.85. The molecule has 1 unspecified atom stereocenters. The van der Waals surface area contributed by atoms with E-state index in [1.165, 1.54) is 11.6 Å². The summed E-state index contributed by atoms with van der Waals surface area (Å²) in [6.07, 6.45) is 0.231. The van der Waals surface area contributed by atoms with Crippen LogP contribution in [0.15, 0.2) is 39.9 Å². The van der Waals surface area contributed by atoms with E-state index in [9.17, 15) is 14.7 Å². The molecular formula is C23H32N6O4. The molecule has 33 heavy (non-hydrogen) atoms. The van der Waals surface area contributed by atoms with E-state index in [0.29, 0.717) is 22.9 Å². The van der Waals surface area contributed by atoms with Gasteiger partial charge in [-0.2, -0.15) is 4.98 Å². The lowest BCUT2D eigenvalue weighted by Crippen LogP contribution is -2.47. The molecule has 3 heterocycles. The predicted molar refractivity (Wildman–Crippen MR) is 127 cm³/mol. The number of benzene rings is 1. The van der Waals surface area contributed by atoms with Gasteiger partial charge in [-0.25, -0.2) is 4.79 Å². The Labute approximate surface area is 192 Å². The minimum absolute atomic E-state index is 0.0689. The van der Waals surface area contributed by atoms with E-state index in [4.69, 9.17) is 9.72 Å². The molecular weight excluding hydrogens is 424 g/mol. The lowest BCUT2D eigenvalue weighted by atomic mass is 10.3. The molecule has 0 bridgehead atoms. The van der Waals surface area contributed by atoms with Gasteiger partial charge in [0.05, 0.1) is 6.54 Å². The molecule has 1 atom stereocenters. The van der Waals surface area contributed by atoms with Gasteiger partial charge in [-0.3, -0.25) is 18.8 Å². The molecule has 1 fully saturated rings. The molecule has 1 saturated heterocycles. The van der Waals surface area contributed by atoms with Gasteiger partial charge < -0.3 is 19.3 Å². The molecule has 3 aromatic rings. The zero-order valence-corrected chi connectivity index (χ0v) is 19.5. The van der Waals surface area contributed by atoms with Crippen molar-refractivity contribution in [1.29, 1.82) is 0 Å². The maximum atomic E-state index is 13.1. The number of para-hydroxylation sites is 1. The number of imidazole rings is 1. The van der Waals surface area contributed by atoms with Crippen molar-refractivity contribution in [1.82, 2.24) is 23.6 Å². The number of hydrogen-bond acceptors (Lipinski definition) is 7. The summed E-state index contributed by atoms with van der Waals surface area (Å²) in [5, 5.41) is 10.8. The summed E-state index contributed by atoms with van der Waals surface area (Å²) in [6, 6.07) is 9.28. The monoisotopic (exact) mass is 456 g/mol. The number of aliphatic hydroxyl groups excluding tert-OH is 1. The third-order valence-corrected chi connectivity index (χ3v) is 6.10. The molecule has 4 rings (SSSR count). The number of piperazine rings is 1. The van der Waals surface area contributed by atoms with Crippen LogP contribution in [0.4, 0.5) is 5.95 Å². The molecule has 1 aliphatic rings. The van der Waals surface area contributed by atoms with Crippen molar-refractivity contribution >= 4 is 17.1 Å². The van der Waals surface area contributed by atoms with Crippen molar-refractivity contribution in [2.24, 2.45) is 14.1 Å². The summed E-state index contributed by atoms with van der Waals surface area (Å²) in [7, 11) is 3.07. The Hall–Kier alpha value is -3.11. The maximum Gasteiger partial charge on any atom is 0.332 e. The molecule has 1 aromatic carbocycles. The zero-order chi connectivity index (χ0) is 23.5. The first kappa shape index (κ1) is 23.1. The SMILES string of the molecule is CCCN1CCN(c2nc3c(c(=O)n(C)c(=O)n3C)n2CC(O)COc2ccccc2)CC1. The number of aliphatic hydroxyl groups is 1. The number of ether oxygens (including phenoxy) is 1. The Morgan fingerprint density at radius 2 is 1.76 bits per heavy atom. The number of nitrogens with zero attached hydrogens (tertiary/aromatic N) is 6. The van der Waals surface area contributed by atoms with E-state index >= 15 is 0 Å². The molecule has 0 spiro atoms. The van der Waals surface area contributed by atoms with Crippen LogP contribution in [0.25, 0.3) is 11.2 Å². The van der Waals surface area contributed by atoms with Crippen molar-refractivity contribution < 1.29 is 9.84 Å². The fourth-order valence-electron chi connectivity index (χ4n) is 4.31.